The molecule has 0 saturated heterocycles. The van der Waals surface area contributed by atoms with Crippen molar-refractivity contribution in [2.75, 3.05) is 0 Å². The van der Waals surface area contributed by atoms with Crippen LogP contribution in [0.25, 0.3) is 22.8 Å². The van der Waals surface area contributed by atoms with E-state index in [-0.39, 0.29) is 29.0 Å². The number of rotatable bonds is 2. The van der Waals surface area contributed by atoms with Crippen molar-refractivity contribution in [2.24, 2.45) is 0 Å². The van der Waals surface area contributed by atoms with E-state index in [0.29, 0.717) is 16.1 Å². The van der Waals surface area contributed by atoms with Gasteiger partial charge in [-0.1, -0.05) is 16.8 Å². The van der Waals surface area contributed by atoms with Crippen molar-refractivity contribution in [1.29, 1.82) is 0 Å². The lowest BCUT2D eigenvalue weighted by Crippen LogP contribution is -1.82. The van der Waals surface area contributed by atoms with Crippen molar-refractivity contribution in [3.05, 3.63) is 41.4 Å². The number of aromatic nitrogens is 2. The van der Waals surface area contributed by atoms with Gasteiger partial charge in [0.1, 0.15) is 5.75 Å². The summed E-state index contributed by atoms with van der Waals surface area (Å²) in [6, 6.07) is 8.54. The Labute approximate surface area is 123 Å². The Bertz CT molecular complexity index is 816. The summed E-state index contributed by atoms with van der Waals surface area (Å²) in [7, 11) is 0. The lowest BCUT2D eigenvalue weighted by Gasteiger charge is -1.99. The van der Waals surface area contributed by atoms with Gasteiger partial charge in [-0.05, 0) is 36.4 Å². The molecule has 2 aromatic carbocycles. The van der Waals surface area contributed by atoms with Crippen LogP contribution in [0.4, 0.5) is 0 Å². The first kappa shape index (κ1) is 13.3. The maximum atomic E-state index is 9.48. The van der Waals surface area contributed by atoms with E-state index in [1.165, 1.54) is 36.4 Å². The first-order valence-corrected chi connectivity index (χ1v) is 6.27. The average Bonchev–Trinajstić information content (AvgIpc) is 2.94. The highest BCUT2D eigenvalue weighted by Gasteiger charge is 2.15. The molecule has 7 heteroatoms. The van der Waals surface area contributed by atoms with E-state index in [1.807, 2.05) is 0 Å². The summed E-state index contributed by atoms with van der Waals surface area (Å²) in [6.07, 6.45) is 0. The topological polar surface area (TPSA) is 99.6 Å². The zero-order chi connectivity index (χ0) is 15.0. The second-order valence-corrected chi connectivity index (χ2v) is 4.70. The fourth-order valence-electron chi connectivity index (χ4n) is 1.79. The smallest absolute Gasteiger partial charge is 0.259 e. The Hall–Kier alpha value is -2.73. The highest BCUT2D eigenvalue weighted by Crippen LogP contribution is 2.33. The number of halogens is 1. The van der Waals surface area contributed by atoms with Crippen LogP contribution in [0, 0.1) is 0 Å². The zero-order valence-corrected chi connectivity index (χ0v) is 11.2. The van der Waals surface area contributed by atoms with Crippen LogP contribution in [0.2, 0.25) is 5.02 Å². The van der Waals surface area contributed by atoms with Gasteiger partial charge in [-0.3, -0.25) is 0 Å². The van der Waals surface area contributed by atoms with Crippen LogP contribution in [-0.4, -0.2) is 25.5 Å². The molecule has 3 aromatic rings. The van der Waals surface area contributed by atoms with E-state index in [4.69, 9.17) is 16.1 Å². The van der Waals surface area contributed by atoms with E-state index in [2.05, 4.69) is 10.1 Å². The highest BCUT2D eigenvalue weighted by molar-refractivity contribution is 6.33. The highest BCUT2D eigenvalue weighted by atomic mass is 35.5. The Balaban J connectivity index is 2.03. The standard InChI is InChI=1S/C14H9ClN2O4/c15-10-3-2-8(18)6-9(10)14-16-13(17-21-14)7-1-4-11(19)12(20)5-7/h1-6,18-20H. The molecule has 1 heterocycles. The van der Waals surface area contributed by atoms with Gasteiger partial charge in [-0.25, -0.2) is 0 Å². The van der Waals surface area contributed by atoms with Crippen LogP contribution >= 0.6 is 11.6 Å². The maximum Gasteiger partial charge on any atom is 0.259 e. The number of phenols is 3. The molecule has 0 bridgehead atoms. The molecule has 0 radical (unpaired) electrons. The Kier molecular flexibility index (Phi) is 3.15. The summed E-state index contributed by atoms with van der Waals surface area (Å²) >= 11 is 6.02. The lowest BCUT2D eigenvalue weighted by atomic mass is 10.2. The molecule has 0 spiro atoms. The van der Waals surface area contributed by atoms with E-state index < -0.39 is 0 Å². The molecule has 6 nitrogen and oxygen atoms in total. The zero-order valence-electron chi connectivity index (χ0n) is 10.5. The molecular formula is C14H9ClN2O4. The van der Waals surface area contributed by atoms with Gasteiger partial charge in [0, 0.05) is 5.56 Å². The van der Waals surface area contributed by atoms with Crippen molar-refractivity contribution in [3.8, 4) is 40.1 Å². The summed E-state index contributed by atoms with van der Waals surface area (Å²) in [5, 5.41) is 32.4. The van der Waals surface area contributed by atoms with Gasteiger partial charge in [-0.15, -0.1) is 0 Å². The van der Waals surface area contributed by atoms with Crippen LogP contribution < -0.4 is 0 Å². The summed E-state index contributed by atoms with van der Waals surface area (Å²) in [6.45, 7) is 0. The second kappa shape index (κ2) is 4.99. The number of nitrogens with zero attached hydrogens (tertiary/aromatic N) is 2. The molecule has 3 rings (SSSR count). The van der Waals surface area contributed by atoms with Crippen LogP contribution in [0.15, 0.2) is 40.9 Å². The minimum absolute atomic E-state index is 0.0245. The van der Waals surface area contributed by atoms with Crippen molar-refractivity contribution in [1.82, 2.24) is 10.1 Å². The van der Waals surface area contributed by atoms with Gasteiger partial charge in [0.15, 0.2) is 11.5 Å². The molecule has 106 valence electrons. The number of aromatic hydroxyl groups is 3. The molecule has 0 unspecified atom stereocenters. The molecule has 1 aromatic heterocycles. The van der Waals surface area contributed by atoms with E-state index >= 15 is 0 Å². The van der Waals surface area contributed by atoms with Gasteiger partial charge in [0.25, 0.3) is 5.89 Å². The van der Waals surface area contributed by atoms with Crippen LogP contribution in [-0.2, 0) is 0 Å². The van der Waals surface area contributed by atoms with Gasteiger partial charge < -0.3 is 19.8 Å². The lowest BCUT2D eigenvalue weighted by molar-refractivity contribution is 0.404. The summed E-state index contributed by atoms with van der Waals surface area (Å²) in [5.74, 6) is -0.137. The molecular weight excluding hydrogens is 296 g/mol. The quantitative estimate of drug-likeness (QED) is 0.629. The molecule has 0 aliphatic rings. The molecule has 0 aliphatic carbocycles. The molecule has 21 heavy (non-hydrogen) atoms. The van der Waals surface area contributed by atoms with Crippen LogP contribution in [0.5, 0.6) is 17.2 Å². The second-order valence-electron chi connectivity index (χ2n) is 4.29. The van der Waals surface area contributed by atoms with E-state index in [9.17, 15) is 15.3 Å². The minimum Gasteiger partial charge on any atom is -0.508 e. The molecule has 0 aliphatic heterocycles. The van der Waals surface area contributed by atoms with Crippen molar-refractivity contribution in [3.63, 3.8) is 0 Å². The first-order chi connectivity index (χ1) is 10.0. The monoisotopic (exact) mass is 304 g/mol. The third-order valence-electron chi connectivity index (χ3n) is 2.84. The predicted molar refractivity (Wildman–Crippen MR) is 75.2 cm³/mol. The van der Waals surface area contributed by atoms with Gasteiger partial charge in [0.2, 0.25) is 5.82 Å². The Morgan fingerprint density at radius 2 is 1.76 bits per heavy atom. The number of hydrogen-bond donors (Lipinski definition) is 3. The largest absolute Gasteiger partial charge is 0.508 e. The number of benzene rings is 2. The Morgan fingerprint density at radius 1 is 0.952 bits per heavy atom. The Morgan fingerprint density at radius 3 is 2.52 bits per heavy atom. The minimum atomic E-state index is -0.283. The molecule has 0 amide bonds. The summed E-state index contributed by atoms with van der Waals surface area (Å²) in [4.78, 5) is 4.16. The maximum absolute atomic E-state index is 9.48. The van der Waals surface area contributed by atoms with Crippen LogP contribution in [0.3, 0.4) is 0 Å². The molecule has 3 N–H and O–H groups in total. The molecule has 0 fully saturated rings. The predicted octanol–water partition coefficient (Wildman–Crippen LogP) is 3.17. The van der Waals surface area contributed by atoms with E-state index in [0.717, 1.165) is 0 Å². The number of hydrogen-bond acceptors (Lipinski definition) is 6. The first-order valence-electron chi connectivity index (χ1n) is 5.89. The van der Waals surface area contributed by atoms with Crippen LogP contribution in [0.1, 0.15) is 0 Å². The number of phenolic OH excluding ortho intramolecular Hbond substituents is 3. The average molecular weight is 305 g/mol. The SMILES string of the molecule is Oc1ccc(Cl)c(-c2nc(-c3ccc(O)c(O)c3)no2)c1. The van der Waals surface area contributed by atoms with Crippen molar-refractivity contribution < 1.29 is 19.8 Å². The van der Waals surface area contributed by atoms with Crippen molar-refractivity contribution >= 4 is 11.6 Å². The molecule has 0 saturated carbocycles. The summed E-state index contributed by atoms with van der Waals surface area (Å²) < 4.78 is 5.11. The normalized spacial score (nSPS) is 10.7. The van der Waals surface area contributed by atoms with Gasteiger partial charge in [-0.2, -0.15) is 4.98 Å². The molecule has 0 atom stereocenters. The van der Waals surface area contributed by atoms with Gasteiger partial charge >= 0.3 is 0 Å². The fourth-order valence-corrected chi connectivity index (χ4v) is 1.99. The third-order valence-corrected chi connectivity index (χ3v) is 3.17. The van der Waals surface area contributed by atoms with Gasteiger partial charge in [0.05, 0.1) is 10.6 Å². The van der Waals surface area contributed by atoms with Crippen molar-refractivity contribution in [2.45, 2.75) is 0 Å². The van der Waals surface area contributed by atoms with E-state index in [1.54, 1.807) is 0 Å². The third kappa shape index (κ3) is 2.48. The summed E-state index contributed by atoms with van der Waals surface area (Å²) in [5.41, 5.74) is 0.870. The fraction of sp³-hybridized carbons (Fsp3) is 0.